The third-order valence-electron chi connectivity index (χ3n) is 14.1. The fourth-order valence-corrected chi connectivity index (χ4v) is 11.9. The Morgan fingerprint density at radius 3 is 2.46 bits per heavy atom. The molecule has 5 fully saturated rings. The van der Waals surface area contributed by atoms with E-state index in [-0.39, 0.29) is 5.91 Å². The Morgan fingerprint density at radius 1 is 0.951 bits per heavy atom. The molecule has 41 heavy (non-hydrogen) atoms. The zero-order valence-electron chi connectivity index (χ0n) is 26.6. The van der Waals surface area contributed by atoms with Gasteiger partial charge in [0, 0.05) is 25.3 Å². The number of nitrogens with one attached hydrogen (secondary N) is 1. The molecular weight excluding hydrogens is 500 g/mol. The van der Waals surface area contributed by atoms with Crippen molar-refractivity contribution in [2.45, 2.75) is 117 Å². The summed E-state index contributed by atoms with van der Waals surface area (Å²) in [6, 6.07) is 11.2. The highest BCUT2D eigenvalue weighted by Gasteiger charge is 2.60. The Morgan fingerprint density at radius 2 is 1.71 bits per heavy atom. The smallest absolute Gasteiger partial charge is 0.220 e. The van der Waals surface area contributed by atoms with Crippen LogP contribution in [0, 0.1) is 46.3 Å². The maximum Gasteiger partial charge on any atom is 0.220 e. The van der Waals surface area contributed by atoms with Crippen LogP contribution < -0.4 is 9.80 Å². The molecule has 1 amide bonds. The lowest BCUT2D eigenvalue weighted by Crippen LogP contribution is -2.57. The zero-order chi connectivity index (χ0) is 28.7. The van der Waals surface area contributed by atoms with Gasteiger partial charge in [0.15, 0.2) is 0 Å². The maximum atomic E-state index is 13.2. The Hall–Kier alpha value is -1.61. The molecule has 1 heterocycles. The number of benzene rings is 1. The first-order valence-corrected chi connectivity index (χ1v) is 17.6. The summed E-state index contributed by atoms with van der Waals surface area (Å²) < 4.78 is 0.969. The van der Waals surface area contributed by atoms with Crippen LogP contribution in [0.25, 0.3) is 0 Å². The molecule has 1 aromatic carbocycles. The van der Waals surface area contributed by atoms with Gasteiger partial charge in [0.25, 0.3) is 0 Å². The van der Waals surface area contributed by atoms with E-state index in [0.717, 1.165) is 73.0 Å². The third kappa shape index (κ3) is 5.36. The van der Waals surface area contributed by atoms with Crippen molar-refractivity contribution >= 4 is 11.6 Å². The van der Waals surface area contributed by atoms with E-state index >= 15 is 0 Å². The summed E-state index contributed by atoms with van der Waals surface area (Å²) in [7, 11) is 0. The lowest BCUT2D eigenvalue weighted by molar-refractivity contribution is -0.123. The number of fused-ring (bicyclic) bond motifs is 5. The number of quaternary nitrogens is 1. The standard InChI is InChI=1S/C38H58N2O/c1-5-25-40(31-12-7-6-8-13-31)26-21-30(22-27-40)39-36(41)19-14-28(2)33-17-18-34-32-16-15-29-11-9-10-23-37(29,3)35(32)20-24-38(33,34)4/h5-8,12-13,28-30,32-35H,1,9-11,14-27H2,2-4H3/p+1/t28-,29?,30?,32+,33-,34+,35+,37+,38-,40?/m1/s1. The average molecular weight is 560 g/mol. The molecule has 0 spiro atoms. The van der Waals surface area contributed by atoms with Crippen LogP contribution in [0.1, 0.15) is 111 Å². The van der Waals surface area contributed by atoms with E-state index in [4.69, 9.17) is 0 Å². The van der Waals surface area contributed by atoms with Crippen molar-refractivity contribution in [1.29, 1.82) is 0 Å². The van der Waals surface area contributed by atoms with Crippen molar-refractivity contribution < 1.29 is 4.79 Å². The summed E-state index contributed by atoms with van der Waals surface area (Å²) in [5.41, 5.74) is 2.51. The molecule has 6 rings (SSSR count). The molecule has 1 N–H and O–H groups in total. The van der Waals surface area contributed by atoms with Gasteiger partial charge in [-0.2, -0.15) is 0 Å². The van der Waals surface area contributed by atoms with Crippen molar-refractivity contribution in [1.82, 2.24) is 9.80 Å². The molecule has 1 aliphatic heterocycles. The molecule has 1 saturated heterocycles. The first-order valence-electron chi connectivity index (χ1n) is 17.6. The van der Waals surface area contributed by atoms with Gasteiger partial charge >= 0.3 is 0 Å². The fraction of sp³-hybridized carbons (Fsp3) is 0.763. The van der Waals surface area contributed by atoms with E-state index in [9.17, 15) is 4.79 Å². The van der Waals surface area contributed by atoms with Gasteiger partial charge < -0.3 is 5.32 Å². The molecule has 1 aromatic rings. The van der Waals surface area contributed by atoms with Crippen molar-refractivity contribution in [2.24, 2.45) is 46.3 Å². The molecule has 0 aromatic heterocycles. The van der Waals surface area contributed by atoms with Crippen LogP contribution in [0.15, 0.2) is 43.0 Å². The number of piperidine rings is 1. The van der Waals surface area contributed by atoms with Crippen LogP contribution in [0.4, 0.5) is 5.69 Å². The number of hydrogen-bond donors (Lipinski definition) is 1. The molecule has 3 nitrogen and oxygen atoms in total. The second kappa shape index (κ2) is 11.8. The summed E-state index contributed by atoms with van der Waals surface area (Å²) in [6.45, 7) is 15.0. The second-order valence-electron chi connectivity index (χ2n) is 15.9. The number of hydrogen-bond acceptors (Lipinski definition) is 1. The van der Waals surface area contributed by atoms with Gasteiger partial charge in [0.1, 0.15) is 12.2 Å². The number of likely N-dealkylation sites (tertiary alicyclic amines) is 1. The number of nitrogens with zero attached hydrogens (tertiary/aromatic N) is 1. The summed E-state index contributed by atoms with van der Waals surface area (Å²) in [5.74, 6) is 5.64. The molecule has 5 aliphatic rings. The van der Waals surface area contributed by atoms with E-state index in [2.05, 4.69) is 69.1 Å². The van der Waals surface area contributed by atoms with E-state index in [1.165, 1.54) is 69.9 Å². The lowest BCUT2D eigenvalue weighted by Gasteiger charge is -2.61. The van der Waals surface area contributed by atoms with Gasteiger partial charge in [-0.05, 0) is 122 Å². The molecule has 226 valence electrons. The van der Waals surface area contributed by atoms with Crippen LogP contribution in [-0.2, 0) is 4.79 Å². The molecule has 1 unspecified atom stereocenters. The van der Waals surface area contributed by atoms with Crippen molar-refractivity contribution in [3.63, 3.8) is 0 Å². The topological polar surface area (TPSA) is 29.1 Å². The summed E-state index contributed by atoms with van der Waals surface area (Å²) in [6.07, 6.45) is 20.7. The monoisotopic (exact) mass is 559 g/mol. The van der Waals surface area contributed by atoms with Crippen LogP contribution in [0.5, 0.6) is 0 Å². The van der Waals surface area contributed by atoms with Gasteiger partial charge in [-0.1, -0.05) is 58.4 Å². The fourth-order valence-electron chi connectivity index (χ4n) is 11.9. The van der Waals surface area contributed by atoms with Crippen LogP contribution in [0.2, 0.25) is 0 Å². The van der Waals surface area contributed by atoms with Crippen LogP contribution >= 0.6 is 0 Å². The Bertz CT molecular complexity index is 1060. The number of carbonyl (C=O) groups excluding carboxylic acids is 1. The summed E-state index contributed by atoms with van der Waals surface area (Å²) in [4.78, 5) is 13.2. The molecule has 3 heteroatoms. The van der Waals surface area contributed by atoms with E-state index in [1.54, 1.807) is 0 Å². The van der Waals surface area contributed by atoms with Crippen molar-refractivity contribution in [3.05, 3.63) is 43.0 Å². The number of para-hydroxylation sites is 1. The predicted octanol–water partition coefficient (Wildman–Crippen LogP) is 8.92. The van der Waals surface area contributed by atoms with Crippen LogP contribution in [0.3, 0.4) is 0 Å². The summed E-state index contributed by atoms with van der Waals surface area (Å²) >= 11 is 0. The largest absolute Gasteiger partial charge is 0.353 e. The number of carbonyl (C=O) groups is 1. The van der Waals surface area contributed by atoms with Crippen LogP contribution in [-0.4, -0.2) is 31.6 Å². The third-order valence-corrected chi connectivity index (χ3v) is 14.1. The number of rotatable bonds is 8. The lowest BCUT2D eigenvalue weighted by atomic mass is 9.44. The quantitative estimate of drug-likeness (QED) is 0.250. The Balaban J connectivity index is 1.01. The van der Waals surface area contributed by atoms with E-state index < -0.39 is 0 Å². The van der Waals surface area contributed by atoms with E-state index in [1.807, 2.05) is 0 Å². The normalized spacial score (nSPS) is 42.8. The highest BCUT2D eigenvalue weighted by atomic mass is 16.1. The molecule has 4 aliphatic carbocycles. The maximum absolute atomic E-state index is 13.2. The Labute approximate surface area is 251 Å². The number of amides is 1. The molecule has 4 saturated carbocycles. The summed E-state index contributed by atoms with van der Waals surface area (Å²) in [5, 5.41) is 3.45. The minimum Gasteiger partial charge on any atom is -0.353 e. The minimum atomic E-state index is 0.289. The van der Waals surface area contributed by atoms with Gasteiger partial charge in [-0.15, -0.1) is 0 Å². The highest BCUT2D eigenvalue weighted by molar-refractivity contribution is 5.76. The highest BCUT2D eigenvalue weighted by Crippen LogP contribution is 2.68. The van der Waals surface area contributed by atoms with Crippen molar-refractivity contribution in [2.75, 3.05) is 19.6 Å². The second-order valence-corrected chi connectivity index (χ2v) is 15.9. The molecule has 0 bridgehead atoms. The SMILES string of the molecule is C=CC[N+]1(c2ccccc2)CCC(NC(=O)CC[C@@H](C)[C@H]2CC[C@H]3[C@@H]4CCC5CCCC[C@]5(C)[C@H]4CC[C@]23C)CC1. The Kier molecular flexibility index (Phi) is 8.49. The van der Waals surface area contributed by atoms with Gasteiger partial charge in [-0.25, -0.2) is 0 Å². The minimum absolute atomic E-state index is 0.289. The molecule has 8 atom stereocenters. The first kappa shape index (κ1) is 29.5. The predicted molar refractivity (Wildman–Crippen MR) is 172 cm³/mol. The molecule has 0 radical (unpaired) electrons. The van der Waals surface area contributed by atoms with Gasteiger partial charge in [0.2, 0.25) is 5.91 Å². The van der Waals surface area contributed by atoms with E-state index in [0.29, 0.717) is 29.2 Å². The molecular formula is C38H59N2O+. The first-order chi connectivity index (χ1) is 19.8. The van der Waals surface area contributed by atoms with Gasteiger partial charge in [-0.3, -0.25) is 9.28 Å². The van der Waals surface area contributed by atoms with Crippen molar-refractivity contribution in [3.8, 4) is 0 Å². The zero-order valence-corrected chi connectivity index (χ0v) is 26.6. The average Bonchev–Trinajstić information content (AvgIpc) is 3.34. The van der Waals surface area contributed by atoms with Gasteiger partial charge in [0.05, 0.1) is 13.1 Å².